The molecule has 1 atom stereocenters. The van der Waals surface area contributed by atoms with E-state index in [0.717, 1.165) is 17.8 Å². The zero-order valence-electron chi connectivity index (χ0n) is 6.41. The van der Waals surface area contributed by atoms with Gasteiger partial charge < -0.3 is 10.4 Å². The molecule has 2 rings (SSSR count). The Kier molecular flexibility index (Phi) is 1.44. The number of β-amino-alcohol motifs (C(OH)–C–C–N with tert-alkyl or cyclic N) is 1. The number of aromatic nitrogens is 2. The van der Waals surface area contributed by atoms with E-state index in [1.807, 2.05) is 7.05 Å². The number of hydrogen-bond acceptors (Lipinski definition) is 3. The average molecular weight is 153 g/mol. The van der Waals surface area contributed by atoms with Crippen LogP contribution in [-0.4, -0.2) is 21.4 Å². The molecule has 4 heteroatoms. The summed E-state index contributed by atoms with van der Waals surface area (Å²) in [6.45, 7) is 1.45. The van der Waals surface area contributed by atoms with Crippen LogP contribution in [0.25, 0.3) is 0 Å². The Labute approximate surface area is 64.8 Å². The van der Waals surface area contributed by atoms with E-state index in [9.17, 15) is 5.11 Å². The second-order valence-corrected chi connectivity index (χ2v) is 2.82. The van der Waals surface area contributed by atoms with E-state index in [4.69, 9.17) is 0 Å². The van der Waals surface area contributed by atoms with Crippen molar-refractivity contribution in [3.63, 3.8) is 0 Å². The minimum Gasteiger partial charge on any atom is -0.387 e. The average Bonchev–Trinajstić information content (AvgIpc) is 2.35. The lowest BCUT2D eigenvalue weighted by Crippen LogP contribution is -2.28. The number of hydrogen-bond donors (Lipinski definition) is 2. The fourth-order valence-corrected chi connectivity index (χ4v) is 1.41. The highest BCUT2D eigenvalue weighted by Crippen LogP contribution is 2.19. The predicted molar refractivity (Wildman–Crippen MR) is 39.9 cm³/mol. The van der Waals surface area contributed by atoms with Crippen LogP contribution >= 0.6 is 0 Å². The number of rotatable bonds is 0. The molecule has 0 radical (unpaired) electrons. The topological polar surface area (TPSA) is 50.1 Å². The Bertz CT molecular complexity index is 269. The molecule has 1 aromatic heterocycles. The highest BCUT2D eigenvalue weighted by Gasteiger charge is 2.20. The molecular weight excluding hydrogens is 142 g/mol. The number of aryl methyl sites for hydroxylation is 1. The normalized spacial score (nSPS) is 23.3. The van der Waals surface area contributed by atoms with Gasteiger partial charge in [0.1, 0.15) is 0 Å². The molecule has 1 unspecified atom stereocenters. The molecule has 2 N–H and O–H groups in total. The number of aliphatic hydroxyl groups is 1. The van der Waals surface area contributed by atoms with Gasteiger partial charge in [0.25, 0.3) is 0 Å². The predicted octanol–water partition coefficient (Wildman–Crippen LogP) is -0.443. The van der Waals surface area contributed by atoms with E-state index < -0.39 is 0 Å². The van der Waals surface area contributed by atoms with Crippen LogP contribution < -0.4 is 5.32 Å². The summed E-state index contributed by atoms with van der Waals surface area (Å²) >= 11 is 0. The van der Waals surface area contributed by atoms with Gasteiger partial charge in [-0.1, -0.05) is 0 Å². The molecule has 1 aliphatic rings. The van der Waals surface area contributed by atoms with Gasteiger partial charge in [-0.2, -0.15) is 5.10 Å². The number of nitrogens with zero attached hydrogens (tertiary/aromatic N) is 2. The van der Waals surface area contributed by atoms with Gasteiger partial charge in [-0.3, -0.25) is 4.68 Å². The molecule has 11 heavy (non-hydrogen) atoms. The molecule has 0 spiro atoms. The third-order valence-corrected chi connectivity index (χ3v) is 2.08. The van der Waals surface area contributed by atoms with E-state index in [-0.39, 0.29) is 6.10 Å². The maximum absolute atomic E-state index is 9.46. The quantitative estimate of drug-likeness (QED) is 0.531. The summed E-state index contributed by atoms with van der Waals surface area (Å²) in [5, 5.41) is 16.6. The summed E-state index contributed by atoms with van der Waals surface area (Å²) in [6.07, 6.45) is 1.35. The maximum Gasteiger partial charge on any atom is 0.0948 e. The van der Waals surface area contributed by atoms with E-state index in [1.54, 1.807) is 10.9 Å². The van der Waals surface area contributed by atoms with Crippen LogP contribution in [0.1, 0.15) is 17.4 Å². The molecule has 1 aromatic rings. The van der Waals surface area contributed by atoms with Crippen LogP contribution in [0.3, 0.4) is 0 Å². The van der Waals surface area contributed by atoms with Gasteiger partial charge in [0, 0.05) is 25.7 Å². The lowest BCUT2D eigenvalue weighted by Gasteiger charge is -2.18. The molecule has 0 saturated carbocycles. The van der Waals surface area contributed by atoms with Crippen LogP contribution in [0.2, 0.25) is 0 Å². The fourth-order valence-electron chi connectivity index (χ4n) is 1.41. The third-order valence-electron chi connectivity index (χ3n) is 2.08. The van der Waals surface area contributed by atoms with Gasteiger partial charge in [-0.05, 0) is 0 Å². The van der Waals surface area contributed by atoms with Gasteiger partial charge in [0.05, 0.1) is 18.0 Å². The van der Waals surface area contributed by atoms with Crippen molar-refractivity contribution in [3.05, 3.63) is 17.5 Å². The monoisotopic (exact) mass is 153 g/mol. The Morgan fingerprint density at radius 2 is 2.64 bits per heavy atom. The van der Waals surface area contributed by atoms with Gasteiger partial charge in [0.2, 0.25) is 0 Å². The molecule has 0 bridgehead atoms. The van der Waals surface area contributed by atoms with Crippen LogP contribution in [0.5, 0.6) is 0 Å². The highest BCUT2D eigenvalue weighted by molar-refractivity contribution is 5.22. The molecule has 2 heterocycles. The summed E-state index contributed by atoms with van der Waals surface area (Å²) in [6, 6.07) is 0. The molecule has 4 nitrogen and oxygen atoms in total. The maximum atomic E-state index is 9.46. The molecular formula is C7H11N3O. The minimum absolute atomic E-state index is 0.382. The molecule has 0 aliphatic carbocycles. The van der Waals surface area contributed by atoms with E-state index >= 15 is 0 Å². The van der Waals surface area contributed by atoms with Crippen LogP contribution in [-0.2, 0) is 13.6 Å². The van der Waals surface area contributed by atoms with Crippen molar-refractivity contribution in [2.75, 3.05) is 6.54 Å². The number of nitrogens with one attached hydrogen (secondary N) is 1. The Balaban J connectivity index is 2.46. The minimum atomic E-state index is -0.382. The molecule has 0 saturated heterocycles. The van der Waals surface area contributed by atoms with E-state index in [2.05, 4.69) is 10.4 Å². The van der Waals surface area contributed by atoms with Crippen LogP contribution in [0.4, 0.5) is 0 Å². The van der Waals surface area contributed by atoms with Gasteiger partial charge >= 0.3 is 0 Å². The van der Waals surface area contributed by atoms with Crippen LogP contribution in [0, 0.1) is 0 Å². The summed E-state index contributed by atoms with van der Waals surface area (Å²) in [4.78, 5) is 0. The lowest BCUT2D eigenvalue weighted by atomic mass is 10.1. The Morgan fingerprint density at radius 1 is 1.82 bits per heavy atom. The van der Waals surface area contributed by atoms with Crippen molar-refractivity contribution in [3.8, 4) is 0 Å². The number of fused-ring (bicyclic) bond motifs is 1. The Hall–Kier alpha value is -0.870. The molecule has 60 valence electrons. The van der Waals surface area contributed by atoms with Gasteiger partial charge in [0.15, 0.2) is 0 Å². The van der Waals surface area contributed by atoms with Gasteiger partial charge in [-0.25, -0.2) is 0 Å². The molecule has 0 fully saturated rings. The van der Waals surface area contributed by atoms with Crippen molar-refractivity contribution in [2.45, 2.75) is 12.6 Å². The van der Waals surface area contributed by atoms with Gasteiger partial charge in [-0.15, -0.1) is 0 Å². The molecule has 0 aromatic carbocycles. The van der Waals surface area contributed by atoms with Crippen molar-refractivity contribution < 1.29 is 5.11 Å². The summed E-state index contributed by atoms with van der Waals surface area (Å²) < 4.78 is 1.80. The van der Waals surface area contributed by atoms with Crippen molar-refractivity contribution in [1.82, 2.24) is 15.1 Å². The smallest absolute Gasteiger partial charge is 0.0948 e. The summed E-state index contributed by atoms with van der Waals surface area (Å²) in [7, 11) is 1.89. The first-order valence-corrected chi connectivity index (χ1v) is 3.68. The van der Waals surface area contributed by atoms with Crippen molar-refractivity contribution in [2.24, 2.45) is 7.05 Å². The molecule has 0 amide bonds. The van der Waals surface area contributed by atoms with Crippen LogP contribution in [0.15, 0.2) is 6.20 Å². The zero-order valence-corrected chi connectivity index (χ0v) is 6.41. The lowest BCUT2D eigenvalue weighted by molar-refractivity contribution is 0.164. The zero-order chi connectivity index (χ0) is 7.84. The first-order valence-electron chi connectivity index (χ1n) is 3.68. The van der Waals surface area contributed by atoms with E-state index in [1.165, 1.54) is 0 Å². The highest BCUT2D eigenvalue weighted by atomic mass is 16.3. The van der Waals surface area contributed by atoms with E-state index in [0.29, 0.717) is 6.54 Å². The third kappa shape index (κ3) is 0.948. The summed E-state index contributed by atoms with van der Waals surface area (Å²) in [5.74, 6) is 0. The Morgan fingerprint density at radius 3 is 3.36 bits per heavy atom. The SMILES string of the molecule is Cn1ncc2c1CNCC2O. The first-order chi connectivity index (χ1) is 5.29. The standard InChI is InChI=1S/C7H11N3O/c1-10-6-3-8-4-7(11)5(6)2-9-10/h2,7-8,11H,3-4H2,1H3. The summed E-state index contributed by atoms with van der Waals surface area (Å²) in [5.41, 5.74) is 2.05. The first kappa shape index (κ1) is 6.82. The largest absolute Gasteiger partial charge is 0.387 e. The number of aliphatic hydroxyl groups excluding tert-OH is 1. The van der Waals surface area contributed by atoms with Crippen molar-refractivity contribution >= 4 is 0 Å². The van der Waals surface area contributed by atoms with Crippen molar-refractivity contribution in [1.29, 1.82) is 0 Å². The second kappa shape index (κ2) is 2.32. The second-order valence-electron chi connectivity index (χ2n) is 2.82. The fraction of sp³-hybridized carbons (Fsp3) is 0.571. The molecule has 1 aliphatic heterocycles.